The fourth-order valence-corrected chi connectivity index (χ4v) is 11.8. The molecule has 0 unspecified atom stereocenters. The number of thioether (sulfide) groups is 1. The number of amides is 12. The molecule has 1 saturated heterocycles. The minimum atomic E-state index is -1.87. The summed E-state index contributed by atoms with van der Waals surface area (Å²) < 4.78 is 0. The molecule has 536 valence electrons. The number of hydrogen-bond donors (Lipinski definition) is 14. The summed E-state index contributed by atoms with van der Waals surface area (Å²) in [4.78, 5) is 181. The number of nitrogens with one attached hydrogen (secondary N) is 9. The second-order valence-electron chi connectivity index (χ2n) is 25.3. The Morgan fingerprint density at radius 1 is 0.535 bits per heavy atom. The van der Waals surface area contributed by atoms with Gasteiger partial charge in [0.15, 0.2) is 0 Å². The Balaban J connectivity index is 1.39. The van der Waals surface area contributed by atoms with E-state index in [1.807, 2.05) is 44.2 Å². The van der Waals surface area contributed by atoms with Crippen molar-refractivity contribution < 1.29 is 67.4 Å². The Labute approximate surface area is 580 Å². The molecule has 0 bridgehead atoms. The highest BCUT2D eigenvalue weighted by molar-refractivity contribution is 8.13. The Bertz CT molecular complexity index is 3390. The second-order valence-corrected chi connectivity index (χ2v) is 26.4. The Hall–Kier alpha value is -9.74. The van der Waals surface area contributed by atoms with Gasteiger partial charge in [0, 0.05) is 51.4 Å². The number of carbonyl (C=O) groups excluding carboxylic acids is 13. The van der Waals surface area contributed by atoms with Crippen LogP contribution < -0.4 is 70.8 Å². The summed E-state index contributed by atoms with van der Waals surface area (Å²) in [7, 11) is 0. The van der Waals surface area contributed by atoms with E-state index in [0.717, 1.165) is 17.3 Å². The zero-order chi connectivity index (χ0) is 72.7. The monoisotopic (exact) mass is 1390 g/mol. The van der Waals surface area contributed by atoms with Gasteiger partial charge in [0.2, 0.25) is 76.0 Å². The first-order valence-corrected chi connectivity index (χ1v) is 34.2. The van der Waals surface area contributed by atoms with Crippen LogP contribution >= 0.6 is 11.8 Å². The zero-order valence-corrected chi connectivity index (χ0v) is 57.4. The normalized spacial score (nSPS) is 15.4. The average Bonchev–Trinajstić information content (AvgIpc) is 1.78. The number of primary amides is 2. The molecule has 18 N–H and O–H groups in total. The number of benzene rings is 4. The van der Waals surface area contributed by atoms with Gasteiger partial charge in [-0.15, -0.1) is 0 Å². The van der Waals surface area contributed by atoms with E-state index in [0.29, 0.717) is 23.1 Å². The van der Waals surface area contributed by atoms with Gasteiger partial charge in [-0.2, -0.15) is 0 Å². The van der Waals surface area contributed by atoms with Gasteiger partial charge in [0.1, 0.15) is 54.1 Å². The summed E-state index contributed by atoms with van der Waals surface area (Å²) >= 11 is 0.930. The van der Waals surface area contributed by atoms with Crippen LogP contribution in [0.1, 0.15) is 108 Å². The van der Waals surface area contributed by atoms with Gasteiger partial charge in [0.25, 0.3) is 0 Å². The van der Waals surface area contributed by atoms with E-state index < -0.39 is 151 Å². The number of likely N-dealkylation sites (tertiary alicyclic amines) is 1. The molecule has 1 aliphatic rings. The highest BCUT2D eigenvalue weighted by Gasteiger charge is 2.40. The van der Waals surface area contributed by atoms with Crippen molar-refractivity contribution in [1.82, 2.24) is 52.8 Å². The lowest BCUT2D eigenvalue weighted by molar-refractivity contribution is -0.140. The Morgan fingerprint density at radius 2 is 0.980 bits per heavy atom. The summed E-state index contributed by atoms with van der Waals surface area (Å²) in [6, 6.07) is 18.2. The standard InChI is InChI=1S/C70H96N14O14S/c1-41(2)35-56(70(98)99-34-32-75-43(5)85)82-61(89)50(23-15-31-71)77-68(96)60(42(3)4)83-66(94)54(39-47-25-27-48(86)28-26-47)78-62(90)51(29-30-58(73)87)76-65(93)55(40-59(74)88)80-63(91)52(37-45-19-11-7-12-20-45)79-64(92)53(38-46-21-13-8-14-22-46)81-67(95)57-24-16-33-84(57)69(97)49(72)36-44-17-9-6-10-18-44/h6-14,17-22,25-28,41-42,49-57,60,86H,15-16,23-24,29-40,71-72H2,1-5H3,(H2,73,87)(H2,74,88)(H,75,85)(H,76,93)(H,77,96)(H,78,90)(H,79,92)(H,80,91)(H,81,95)(H,82,89)(H,83,94)/t49-,50+,51+,52+,53+,54+,55+,56+,57+,60+/m1/s1. The third-order valence-corrected chi connectivity index (χ3v) is 17.2. The van der Waals surface area contributed by atoms with E-state index in [2.05, 4.69) is 47.9 Å². The molecule has 12 amide bonds. The predicted octanol–water partition coefficient (Wildman–Crippen LogP) is -0.163. The summed E-state index contributed by atoms with van der Waals surface area (Å²) in [6.07, 6.45) is -0.967. The maximum Gasteiger partial charge on any atom is 0.243 e. The lowest BCUT2D eigenvalue weighted by Gasteiger charge is -2.29. The van der Waals surface area contributed by atoms with Crippen LogP contribution in [0.3, 0.4) is 0 Å². The molecule has 4 aromatic rings. The van der Waals surface area contributed by atoms with Gasteiger partial charge >= 0.3 is 0 Å². The van der Waals surface area contributed by atoms with E-state index in [1.165, 1.54) is 36.1 Å². The van der Waals surface area contributed by atoms with Crippen LogP contribution in [0, 0.1) is 11.8 Å². The van der Waals surface area contributed by atoms with Crippen molar-refractivity contribution in [3.8, 4) is 5.75 Å². The SMILES string of the molecule is CC(=O)NCCSC(=O)[C@H](CC(C)C)NC(=O)[C@H](CCCN)NC(=O)[C@@H](NC(=O)[C@H](Cc1ccc(O)cc1)NC(=O)[C@H](CCC(N)=O)NC(=O)[C@H](CC(N)=O)NC(=O)[C@H](Cc1ccccc1)NC(=O)[C@H](Cc1ccccc1)NC(=O)[C@@H]1CCCN1C(=O)[C@H](N)Cc1ccccc1)C(C)C. The van der Waals surface area contributed by atoms with Crippen molar-refractivity contribution in [1.29, 1.82) is 0 Å². The van der Waals surface area contributed by atoms with Crippen molar-refractivity contribution in [2.24, 2.45) is 34.8 Å². The number of phenols is 1. The molecule has 29 heteroatoms. The summed E-state index contributed by atoms with van der Waals surface area (Å²) in [6.45, 7) is 8.88. The average molecular weight is 1390 g/mol. The molecule has 0 saturated carbocycles. The van der Waals surface area contributed by atoms with Gasteiger partial charge in [-0.3, -0.25) is 62.3 Å². The van der Waals surface area contributed by atoms with Gasteiger partial charge in [-0.05, 0) is 97.7 Å². The van der Waals surface area contributed by atoms with Crippen molar-refractivity contribution in [2.45, 2.75) is 172 Å². The van der Waals surface area contributed by atoms with E-state index >= 15 is 0 Å². The third-order valence-electron chi connectivity index (χ3n) is 16.3. The highest BCUT2D eigenvalue weighted by atomic mass is 32.2. The first-order chi connectivity index (χ1) is 47.1. The molecular formula is C70H96N14O14S. The van der Waals surface area contributed by atoms with Crippen molar-refractivity contribution in [3.05, 3.63) is 138 Å². The number of phenolic OH excluding ortho intramolecular Hbond substituents is 1. The fraction of sp³-hybridized carbons (Fsp3) is 0.471. The van der Waals surface area contributed by atoms with Gasteiger partial charge in [-0.25, -0.2) is 0 Å². The lowest BCUT2D eigenvalue weighted by atomic mass is 9.99. The first kappa shape index (κ1) is 79.9. The summed E-state index contributed by atoms with van der Waals surface area (Å²) in [5.74, 6) is -10.6. The molecule has 1 aliphatic heterocycles. The number of nitrogens with two attached hydrogens (primary N) is 4. The molecule has 0 aliphatic carbocycles. The molecular weight excluding hydrogens is 1290 g/mol. The molecule has 10 atom stereocenters. The molecule has 0 spiro atoms. The van der Waals surface area contributed by atoms with Crippen LogP contribution in [0.5, 0.6) is 5.75 Å². The maximum atomic E-state index is 14.8. The maximum absolute atomic E-state index is 14.8. The van der Waals surface area contributed by atoms with Gasteiger partial charge in [-0.1, -0.05) is 143 Å². The van der Waals surface area contributed by atoms with E-state index in [-0.39, 0.29) is 99.4 Å². The highest BCUT2D eigenvalue weighted by Crippen LogP contribution is 2.21. The van der Waals surface area contributed by atoms with Crippen molar-refractivity contribution >= 4 is 87.8 Å². The minimum Gasteiger partial charge on any atom is -0.508 e. The van der Waals surface area contributed by atoms with Gasteiger partial charge < -0.3 is 80.8 Å². The van der Waals surface area contributed by atoms with E-state index in [9.17, 15) is 67.4 Å². The number of carbonyl (C=O) groups is 13. The fourth-order valence-electron chi connectivity index (χ4n) is 11.1. The smallest absolute Gasteiger partial charge is 0.243 e. The number of nitrogens with zero attached hydrogens (tertiary/aromatic N) is 1. The minimum absolute atomic E-state index is 0.0348. The topological polar surface area (TPSA) is 458 Å². The molecule has 0 aromatic heterocycles. The number of rotatable bonds is 40. The second kappa shape index (κ2) is 40.9. The van der Waals surface area contributed by atoms with E-state index in [4.69, 9.17) is 22.9 Å². The predicted molar refractivity (Wildman–Crippen MR) is 371 cm³/mol. The molecule has 5 rings (SSSR count). The Morgan fingerprint density at radius 3 is 1.47 bits per heavy atom. The van der Waals surface area contributed by atoms with E-state index in [1.54, 1.807) is 74.5 Å². The largest absolute Gasteiger partial charge is 0.508 e. The van der Waals surface area contributed by atoms with Crippen molar-refractivity contribution in [2.75, 3.05) is 25.4 Å². The molecule has 1 heterocycles. The third kappa shape index (κ3) is 27.6. The van der Waals surface area contributed by atoms with Crippen LogP contribution in [0.15, 0.2) is 115 Å². The van der Waals surface area contributed by atoms with Crippen LogP contribution in [0.4, 0.5) is 0 Å². The van der Waals surface area contributed by atoms with Crippen LogP contribution in [-0.2, 0) is 88.0 Å². The first-order valence-electron chi connectivity index (χ1n) is 33.2. The molecule has 28 nitrogen and oxygen atoms in total. The van der Waals surface area contributed by atoms with Crippen LogP contribution in [0.25, 0.3) is 0 Å². The zero-order valence-electron chi connectivity index (χ0n) is 56.6. The molecule has 0 radical (unpaired) electrons. The molecule has 99 heavy (non-hydrogen) atoms. The van der Waals surface area contributed by atoms with Crippen LogP contribution in [-0.4, -0.2) is 172 Å². The van der Waals surface area contributed by atoms with Gasteiger partial charge in [0.05, 0.1) is 18.5 Å². The summed E-state index contributed by atoms with van der Waals surface area (Å²) in [5.41, 5.74) is 25.8. The summed E-state index contributed by atoms with van der Waals surface area (Å²) in [5, 5.41) is 33.6. The molecule has 4 aromatic carbocycles. The lowest BCUT2D eigenvalue weighted by Crippen LogP contribution is -2.61. The molecule has 1 fully saturated rings. The number of hydrogen-bond acceptors (Lipinski definition) is 17. The quantitative estimate of drug-likeness (QED) is 0.0257. The Kier molecular flexibility index (Phi) is 33.0. The van der Waals surface area contributed by atoms with Crippen LogP contribution in [0.2, 0.25) is 0 Å². The number of aromatic hydroxyl groups is 1. The van der Waals surface area contributed by atoms with Crippen molar-refractivity contribution in [3.63, 3.8) is 0 Å².